The van der Waals surface area contributed by atoms with Crippen LogP contribution in [0.5, 0.6) is 0 Å². The highest BCUT2D eigenvalue weighted by Crippen LogP contribution is 2.15. The van der Waals surface area contributed by atoms with E-state index in [0.29, 0.717) is 6.04 Å². The van der Waals surface area contributed by atoms with Crippen LogP contribution in [0.3, 0.4) is 0 Å². The summed E-state index contributed by atoms with van der Waals surface area (Å²) in [6.07, 6.45) is 8.95. The smallest absolute Gasteiger partial charge is 0.104 e. The third kappa shape index (κ3) is 6.94. The first-order chi connectivity index (χ1) is 9.06. The molecule has 0 aromatic heterocycles. The Hall–Kier alpha value is -0.590. The topological polar surface area (TPSA) is 39.1 Å². The minimum atomic E-state index is -0.364. The van der Waals surface area contributed by atoms with Gasteiger partial charge < -0.3 is 4.90 Å². The fourth-order valence-corrected chi connectivity index (χ4v) is 2.99. The number of nitriles is 1. The zero-order valence-electron chi connectivity index (χ0n) is 13.0. The predicted molar refractivity (Wildman–Crippen MR) is 81.0 cm³/mol. The second kappa shape index (κ2) is 8.55. The molecule has 1 unspecified atom stereocenters. The average molecular weight is 265 g/mol. The van der Waals surface area contributed by atoms with Crippen LogP contribution in [0.15, 0.2) is 0 Å². The summed E-state index contributed by atoms with van der Waals surface area (Å²) in [4.78, 5) is 2.59. The molecule has 1 heterocycles. The van der Waals surface area contributed by atoms with Crippen LogP contribution in [0.2, 0.25) is 0 Å². The SMILES string of the molecule is CC(C)NC(C)(C#N)CCCN1CCCCCCC1. The quantitative estimate of drug-likeness (QED) is 0.801. The molecule has 3 heteroatoms. The van der Waals surface area contributed by atoms with Crippen molar-refractivity contribution >= 4 is 0 Å². The molecular formula is C16H31N3. The summed E-state index contributed by atoms with van der Waals surface area (Å²) in [5.74, 6) is 0. The Balaban J connectivity index is 2.28. The van der Waals surface area contributed by atoms with Crippen molar-refractivity contribution in [3.63, 3.8) is 0 Å². The fraction of sp³-hybridized carbons (Fsp3) is 0.938. The lowest BCUT2D eigenvalue weighted by Gasteiger charge is -2.28. The first kappa shape index (κ1) is 16.5. The summed E-state index contributed by atoms with van der Waals surface area (Å²) in [5, 5.41) is 12.7. The van der Waals surface area contributed by atoms with E-state index in [4.69, 9.17) is 0 Å². The molecule has 110 valence electrons. The fourth-order valence-electron chi connectivity index (χ4n) is 2.99. The van der Waals surface area contributed by atoms with E-state index in [1.807, 2.05) is 6.92 Å². The summed E-state index contributed by atoms with van der Waals surface area (Å²) < 4.78 is 0. The van der Waals surface area contributed by atoms with E-state index < -0.39 is 0 Å². The molecule has 1 aliphatic rings. The van der Waals surface area contributed by atoms with Gasteiger partial charge in [-0.15, -0.1) is 0 Å². The highest BCUT2D eigenvalue weighted by molar-refractivity contribution is 5.04. The molecule has 1 saturated heterocycles. The molecule has 0 radical (unpaired) electrons. The van der Waals surface area contributed by atoms with E-state index in [1.54, 1.807) is 0 Å². The van der Waals surface area contributed by atoms with Crippen LogP contribution >= 0.6 is 0 Å². The summed E-state index contributed by atoms with van der Waals surface area (Å²) >= 11 is 0. The molecule has 1 rings (SSSR count). The first-order valence-electron chi connectivity index (χ1n) is 7.97. The largest absolute Gasteiger partial charge is 0.303 e. The molecule has 0 aromatic carbocycles. The lowest BCUT2D eigenvalue weighted by atomic mass is 9.96. The molecule has 1 atom stereocenters. The van der Waals surface area contributed by atoms with Crippen LogP contribution in [-0.2, 0) is 0 Å². The number of likely N-dealkylation sites (tertiary alicyclic amines) is 1. The van der Waals surface area contributed by atoms with E-state index in [-0.39, 0.29) is 5.54 Å². The molecule has 1 N–H and O–H groups in total. The van der Waals surface area contributed by atoms with Crippen molar-refractivity contribution in [1.29, 1.82) is 5.26 Å². The van der Waals surface area contributed by atoms with E-state index in [0.717, 1.165) is 19.4 Å². The van der Waals surface area contributed by atoms with Crippen molar-refractivity contribution in [1.82, 2.24) is 10.2 Å². The standard InChI is InChI=1S/C16H31N3/c1-15(2)18-16(3,14-17)10-9-13-19-11-7-5-4-6-8-12-19/h15,18H,4-13H2,1-3H3. The number of nitrogens with one attached hydrogen (secondary N) is 1. The highest BCUT2D eigenvalue weighted by Gasteiger charge is 2.24. The molecule has 0 aliphatic carbocycles. The maximum atomic E-state index is 9.33. The lowest BCUT2D eigenvalue weighted by molar-refractivity contribution is 0.233. The van der Waals surface area contributed by atoms with Crippen LogP contribution in [0, 0.1) is 11.3 Å². The van der Waals surface area contributed by atoms with Crippen LogP contribution in [0.1, 0.15) is 65.7 Å². The second-order valence-corrected chi connectivity index (χ2v) is 6.46. The van der Waals surface area contributed by atoms with Gasteiger partial charge in [0.25, 0.3) is 0 Å². The van der Waals surface area contributed by atoms with Crippen molar-refractivity contribution in [3.05, 3.63) is 0 Å². The minimum Gasteiger partial charge on any atom is -0.303 e. The van der Waals surface area contributed by atoms with Gasteiger partial charge in [-0.05, 0) is 66.1 Å². The predicted octanol–water partition coefficient (Wildman–Crippen LogP) is 3.31. The van der Waals surface area contributed by atoms with Crippen LogP contribution in [-0.4, -0.2) is 36.1 Å². The Morgan fingerprint density at radius 3 is 2.26 bits per heavy atom. The van der Waals surface area contributed by atoms with Gasteiger partial charge in [0, 0.05) is 6.04 Å². The molecule has 0 spiro atoms. The molecule has 1 aliphatic heterocycles. The van der Waals surface area contributed by atoms with Crippen molar-refractivity contribution in [2.24, 2.45) is 0 Å². The third-order valence-corrected chi connectivity index (χ3v) is 3.95. The number of hydrogen-bond donors (Lipinski definition) is 1. The van der Waals surface area contributed by atoms with Gasteiger partial charge in [-0.2, -0.15) is 5.26 Å². The van der Waals surface area contributed by atoms with Crippen molar-refractivity contribution in [2.45, 2.75) is 77.3 Å². The number of rotatable bonds is 6. The third-order valence-electron chi connectivity index (χ3n) is 3.95. The van der Waals surface area contributed by atoms with Crippen LogP contribution in [0.4, 0.5) is 0 Å². The van der Waals surface area contributed by atoms with Gasteiger partial charge in [0.1, 0.15) is 5.54 Å². The Kier molecular flexibility index (Phi) is 7.41. The minimum absolute atomic E-state index is 0.364. The lowest BCUT2D eigenvalue weighted by Crippen LogP contribution is -2.45. The van der Waals surface area contributed by atoms with Gasteiger partial charge in [-0.1, -0.05) is 19.3 Å². The van der Waals surface area contributed by atoms with E-state index in [2.05, 4.69) is 30.1 Å². The van der Waals surface area contributed by atoms with E-state index in [1.165, 1.54) is 45.2 Å². The Bertz CT molecular complexity index is 274. The maximum absolute atomic E-state index is 9.33. The Labute approximate surface area is 119 Å². The Morgan fingerprint density at radius 2 is 1.74 bits per heavy atom. The zero-order valence-corrected chi connectivity index (χ0v) is 13.0. The van der Waals surface area contributed by atoms with E-state index in [9.17, 15) is 5.26 Å². The highest BCUT2D eigenvalue weighted by atomic mass is 15.1. The maximum Gasteiger partial charge on any atom is 0.104 e. The Morgan fingerprint density at radius 1 is 1.16 bits per heavy atom. The van der Waals surface area contributed by atoms with Gasteiger partial charge in [0.2, 0.25) is 0 Å². The van der Waals surface area contributed by atoms with Gasteiger partial charge in [0.05, 0.1) is 6.07 Å². The molecule has 0 amide bonds. The first-order valence-corrected chi connectivity index (χ1v) is 7.97. The summed E-state index contributed by atoms with van der Waals surface area (Å²) in [6.45, 7) is 9.89. The average Bonchev–Trinajstić information content (AvgIpc) is 2.31. The molecule has 19 heavy (non-hydrogen) atoms. The molecule has 0 bridgehead atoms. The van der Waals surface area contributed by atoms with Crippen molar-refractivity contribution < 1.29 is 0 Å². The van der Waals surface area contributed by atoms with Gasteiger partial charge in [0.15, 0.2) is 0 Å². The van der Waals surface area contributed by atoms with Crippen LogP contribution < -0.4 is 5.32 Å². The summed E-state index contributed by atoms with van der Waals surface area (Å²) in [7, 11) is 0. The molecule has 0 aromatic rings. The molecule has 1 fully saturated rings. The summed E-state index contributed by atoms with van der Waals surface area (Å²) in [6, 6.07) is 2.81. The number of nitrogens with zero attached hydrogens (tertiary/aromatic N) is 2. The van der Waals surface area contributed by atoms with Gasteiger partial charge in [-0.25, -0.2) is 0 Å². The van der Waals surface area contributed by atoms with Crippen molar-refractivity contribution in [3.8, 4) is 6.07 Å². The zero-order chi connectivity index (χ0) is 14.1. The van der Waals surface area contributed by atoms with Gasteiger partial charge in [-0.3, -0.25) is 5.32 Å². The number of hydrogen-bond acceptors (Lipinski definition) is 3. The van der Waals surface area contributed by atoms with Crippen LogP contribution in [0.25, 0.3) is 0 Å². The molecule has 0 saturated carbocycles. The molecule has 3 nitrogen and oxygen atoms in total. The second-order valence-electron chi connectivity index (χ2n) is 6.46. The van der Waals surface area contributed by atoms with Crippen molar-refractivity contribution in [2.75, 3.05) is 19.6 Å². The molecular weight excluding hydrogens is 234 g/mol. The summed E-state index contributed by atoms with van der Waals surface area (Å²) in [5.41, 5.74) is -0.364. The van der Waals surface area contributed by atoms with Gasteiger partial charge >= 0.3 is 0 Å². The van der Waals surface area contributed by atoms with E-state index >= 15 is 0 Å². The monoisotopic (exact) mass is 265 g/mol. The normalized spacial score (nSPS) is 21.4.